The van der Waals surface area contributed by atoms with Crippen LogP contribution in [0.2, 0.25) is 0 Å². The Kier molecular flexibility index (Phi) is 42.1. The van der Waals surface area contributed by atoms with Crippen LogP contribution in [0.1, 0.15) is 25.7 Å². The molecule has 0 aliphatic carbocycles. The van der Waals surface area contributed by atoms with E-state index in [4.69, 9.17) is 25.5 Å². The van der Waals surface area contributed by atoms with Gasteiger partial charge in [-0.05, 0) is 0 Å². The molecule has 13 nitrogen and oxygen atoms in total. The van der Waals surface area contributed by atoms with Gasteiger partial charge in [0.25, 0.3) is 0 Å². The molecular weight excluding hydrogens is 538 g/mol. The molecule has 31 heavy (non-hydrogen) atoms. The minimum atomic E-state index is -3.17. The Bertz CT molecular complexity index is 618. The molecule has 0 spiro atoms. The molecule has 0 aromatic carbocycles. The number of carbonyl (C=O) groups excluding carboxylic acids is 1. The van der Waals surface area contributed by atoms with Crippen LogP contribution in [0.15, 0.2) is 0 Å². The first-order chi connectivity index (χ1) is 11.2. The second kappa shape index (κ2) is 25.0. The number of carboxylic acid groups (broad SMARTS) is 5. The van der Waals surface area contributed by atoms with Gasteiger partial charge in [-0.25, -0.2) is 9.59 Å². The molecular formula is C12H20K3Na3O13. The van der Waals surface area contributed by atoms with Crippen LogP contribution in [0.5, 0.6) is 0 Å². The van der Waals surface area contributed by atoms with Crippen LogP contribution in [-0.4, -0.2) is 320 Å². The molecule has 0 aliphatic heterocycles. The summed E-state index contributed by atoms with van der Waals surface area (Å²) in [6.45, 7) is 0. The number of ether oxygens (including phenoxy) is 1. The number of carboxylic acids is 5. The van der Waals surface area contributed by atoms with E-state index in [2.05, 4.69) is 4.74 Å². The van der Waals surface area contributed by atoms with Crippen molar-refractivity contribution < 1.29 is 64.1 Å². The van der Waals surface area contributed by atoms with Crippen molar-refractivity contribution in [2.75, 3.05) is 0 Å². The van der Waals surface area contributed by atoms with Gasteiger partial charge in [-0.1, -0.05) is 0 Å². The van der Waals surface area contributed by atoms with Crippen molar-refractivity contribution in [1.82, 2.24) is 0 Å². The maximum absolute atomic E-state index is 11.7. The summed E-state index contributed by atoms with van der Waals surface area (Å²) in [5, 5.41) is 53.5. The Morgan fingerprint density at radius 2 is 0.903 bits per heavy atom. The van der Waals surface area contributed by atoms with Crippen molar-refractivity contribution in [3.63, 3.8) is 0 Å². The predicted octanol–water partition coefficient (Wildman–Crippen LogP) is -5.91. The van der Waals surface area contributed by atoms with E-state index in [1.54, 1.807) is 0 Å². The van der Waals surface area contributed by atoms with Crippen LogP contribution >= 0.6 is 0 Å². The number of rotatable bonds is 11. The van der Waals surface area contributed by atoms with Crippen molar-refractivity contribution in [2.45, 2.75) is 36.9 Å². The zero-order valence-corrected chi connectivity index (χ0v) is 12.4. The van der Waals surface area contributed by atoms with Crippen molar-refractivity contribution in [2.24, 2.45) is 0 Å². The molecule has 19 heteroatoms. The van der Waals surface area contributed by atoms with E-state index in [1.165, 1.54) is 0 Å². The Labute approximate surface area is 370 Å². The Morgan fingerprint density at radius 1 is 0.581 bits per heavy atom. The summed E-state index contributed by atoms with van der Waals surface area (Å²) < 4.78 is 4.33. The van der Waals surface area contributed by atoms with Gasteiger partial charge in [-0.15, -0.1) is 0 Å². The van der Waals surface area contributed by atoms with E-state index in [1.807, 2.05) is 0 Å². The van der Waals surface area contributed by atoms with Gasteiger partial charge in [-0.3, -0.25) is 19.2 Å². The van der Waals surface area contributed by atoms with Crippen molar-refractivity contribution in [3.05, 3.63) is 0 Å². The standard InChI is InChI=1S/C12H14O13.3K.3Na.6H/c13-5(14)1-11(24,9(20)21)4-8(19)25-12(10(22)23,2-6(15)16)3-7(17)18;;;;;;;;;;;;/h24H,1-4H2,(H,13,14)(H,15,16)(H,17,18)(H,20,21)(H,22,23);;;;;;;;;;;;. The molecule has 0 aromatic rings. The van der Waals surface area contributed by atoms with Gasteiger partial charge >= 0.3 is 279 Å². The predicted molar refractivity (Wildman–Crippen MR) is 113 cm³/mol. The van der Waals surface area contributed by atoms with Crippen LogP contribution in [-0.2, 0) is 33.5 Å². The van der Waals surface area contributed by atoms with Crippen LogP contribution in [0.3, 0.4) is 0 Å². The third-order valence-electron chi connectivity index (χ3n) is 2.85. The first kappa shape index (κ1) is 52.2. The van der Waals surface area contributed by atoms with E-state index in [0.717, 1.165) is 0 Å². The quantitative estimate of drug-likeness (QED) is 0.103. The van der Waals surface area contributed by atoms with Gasteiger partial charge in [0.05, 0.1) is 25.7 Å². The summed E-state index contributed by atoms with van der Waals surface area (Å²) in [7, 11) is 0. The monoisotopic (exact) mass is 558 g/mol. The van der Waals surface area contributed by atoms with Crippen LogP contribution in [0, 0.1) is 0 Å². The van der Waals surface area contributed by atoms with E-state index in [0.29, 0.717) is 0 Å². The molecule has 0 fully saturated rings. The molecule has 0 amide bonds. The zero-order valence-electron chi connectivity index (χ0n) is 12.4. The molecule has 0 saturated heterocycles. The van der Waals surface area contributed by atoms with Crippen LogP contribution < -0.4 is 0 Å². The number of hydrogen-bond acceptors (Lipinski definition) is 8. The second-order valence-corrected chi connectivity index (χ2v) is 5.00. The van der Waals surface area contributed by atoms with Gasteiger partial charge in [0.1, 0.15) is 0 Å². The Morgan fingerprint density at radius 3 is 1.13 bits per heavy atom. The van der Waals surface area contributed by atoms with Gasteiger partial charge in [0.15, 0.2) is 5.60 Å². The van der Waals surface area contributed by atoms with Gasteiger partial charge < -0.3 is 35.4 Å². The summed E-state index contributed by atoms with van der Waals surface area (Å²) in [5.41, 5.74) is -6.24. The van der Waals surface area contributed by atoms with Crippen LogP contribution in [0.4, 0.5) is 0 Å². The van der Waals surface area contributed by atoms with Gasteiger partial charge in [0, 0.05) is 0 Å². The average molecular weight is 559 g/mol. The molecule has 0 heterocycles. The zero-order chi connectivity index (χ0) is 20.0. The normalized spacial score (nSPS) is 10.7. The maximum atomic E-state index is 11.7. The molecule has 0 saturated carbocycles. The van der Waals surface area contributed by atoms with E-state index in [9.17, 15) is 33.9 Å². The number of aliphatic hydroxyl groups is 1. The van der Waals surface area contributed by atoms with Crippen molar-refractivity contribution in [1.29, 1.82) is 0 Å². The summed E-state index contributed by atoms with van der Waals surface area (Å²) in [5.74, 6) is -11.6. The third-order valence-corrected chi connectivity index (χ3v) is 2.85. The summed E-state index contributed by atoms with van der Waals surface area (Å²) in [4.78, 5) is 66.0. The number of hydrogen-bond donors (Lipinski definition) is 6. The second-order valence-electron chi connectivity index (χ2n) is 5.00. The van der Waals surface area contributed by atoms with Crippen molar-refractivity contribution >= 4 is 279 Å². The fourth-order valence-corrected chi connectivity index (χ4v) is 1.77. The van der Waals surface area contributed by atoms with E-state index < -0.39 is 72.7 Å². The fraction of sp³-hybridized carbons (Fsp3) is 0.500. The Hall–Kier alpha value is 4.69. The first-order valence-corrected chi connectivity index (χ1v) is 6.30. The molecule has 0 bridgehead atoms. The molecule has 1 atom stereocenters. The number of esters is 1. The van der Waals surface area contributed by atoms with Gasteiger partial charge in [0.2, 0.25) is 5.60 Å². The summed E-state index contributed by atoms with van der Waals surface area (Å²) in [6, 6.07) is 0. The SMILES string of the molecule is O=C(O)CC(O)(CC(=O)OC(CC(=O)O)(CC(=O)O)C(=O)O)C(=O)O.[KH].[KH].[KH].[NaH].[NaH].[NaH]. The van der Waals surface area contributed by atoms with Crippen LogP contribution in [0.25, 0.3) is 0 Å². The molecule has 0 aromatic heterocycles. The van der Waals surface area contributed by atoms with Gasteiger partial charge in [-0.2, -0.15) is 0 Å². The molecule has 6 N–H and O–H groups in total. The molecule has 1 unspecified atom stereocenters. The van der Waals surface area contributed by atoms with Crippen molar-refractivity contribution in [3.8, 4) is 0 Å². The van der Waals surface area contributed by atoms with E-state index in [-0.39, 0.29) is 243 Å². The first-order valence-electron chi connectivity index (χ1n) is 6.30. The third kappa shape index (κ3) is 21.3. The summed E-state index contributed by atoms with van der Waals surface area (Å²) in [6.07, 6.45) is -5.94. The Balaban J connectivity index is -0.000000192. The topological polar surface area (TPSA) is 233 Å². The molecule has 0 radical (unpaired) electrons. The molecule has 152 valence electrons. The number of carbonyl (C=O) groups is 6. The molecule has 0 aliphatic rings. The average Bonchev–Trinajstić information content (AvgIpc) is 2.34. The molecule has 0 rings (SSSR count). The summed E-state index contributed by atoms with van der Waals surface area (Å²) >= 11 is 0. The fourth-order valence-electron chi connectivity index (χ4n) is 1.77. The minimum absolute atomic E-state index is 0. The van der Waals surface area contributed by atoms with E-state index >= 15 is 0 Å². The number of aliphatic carboxylic acids is 5.